The summed E-state index contributed by atoms with van der Waals surface area (Å²) in [5.41, 5.74) is 9.68. The minimum absolute atomic E-state index is 0.00787. The molecule has 0 fully saturated rings. The first-order chi connectivity index (χ1) is 14.7. The van der Waals surface area contributed by atoms with Gasteiger partial charge in [-0.05, 0) is 58.5 Å². The van der Waals surface area contributed by atoms with Crippen LogP contribution in [0.3, 0.4) is 0 Å². The number of aromatic nitrogens is 2. The number of carbonyl (C=O) groups is 1. The van der Waals surface area contributed by atoms with Gasteiger partial charge in [-0.3, -0.25) is 4.79 Å². The molecule has 0 atom stereocenters. The van der Waals surface area contributed by atoms with Gasteiger partial charge in [0.1, 0.15) is 5.82 Å². The maximum atomic E-state index is 14.4. The lowest BCUT2D eigenvalue weighted by Crippen LogP contribution is -2.15. The summed E-state index contributed by atoms with van der Waals surface area (Å²) < 4.78 is 14.4. The van der Waals surface area contributed by atoms with Crippen LogP contribution >= 0.6 is 0 Å². The quantitative estimate of drug-likeness (QED) is 0.459. The summed E-state index contributed by atoms with van der Waals surface area (Å²) in [6, 6.07) is 17.6. The predicted molar refractivity (Wildman–Crippen MR) is 122 cm³/mol. The van der Waals surface area contributed by atoms with Crippen LogP contribution in [0.1, 0.15) is 36.7 Å². The standard InChI is InChI=1S/C25H23FN4O/c1-25(2,3)19-8-4-15(5-9-19)23(31)29-22-13-17(6-10-20(22)26)16-7-11-21-18(12-16)14-28-24(27)30-21/h4-14H,1-3H3,(H,29,31)(H2,27,28,30). The van der Waals surface area contributed by atoms with E-state index in [-0.39, 0.29) is 23.0 Å². The molecule has 1 aromatic heterocycles. The lowest BCUT2D eigenvalue weighted by atomic mass is 9.87. The molecule has 0 saturated carbocycles. The van der Waals surface area contributed by atoms with Crippen molar-refractivity contribution in [3.63, 3.8) is 0 Å². The highest BCUT2D eigenvalue weighted by molar-refractivity contribution is 6.04. The van der Waals surface area contributed by atoms with E-state index in [0.717, 1.165) is 27.6 Å². The molecule has 0 aliphatic heterocycles. The normalized spacial score (nSPS) is 11.5. The number of fused-ring (bicyclic) bond motifs is 1. The Kier molecular flexibility index (Phi) is 5.15. The molecule has 156 valence electrons. The molecule has 4 aromatic rings. The van der Waals surface area contributed by atoms with Gasteiger partial charge in [0.05, 0.1) is 11.2 Å². The van der Waals surface area contributed by atoms with Crippen LogP contribution in [0.25, 0.3) is 22.0 Å². The van der Waals surface area contributed by atoms with Crippen molar-refractivity contribution in [3.05, 3.63) is 83.8 Å². The number of anilines is 2. The zero-order valence-corrected chi connectivity index (χ0v) is 17.6. The maximum absolute atomic E-state index is 14.4. The second kappa shape index (κ2) is 7.80. The summed E-state index contributed by atoms with van der Waals surface area (Å²) in [4.78, 5) is 20.9. The molecule has 6 heteroatoms. The van der Waals surface area contributed by atoms with Crippen LogP contribution in [-0.2, 0) is 5.41 Å². The Balaban J connectivity index is 1.61. The summed E-state index contributed by atoms with van der Waals surface area (Å²) in [6.45, 7) is 6.32. The number of nitrogens with zero attached hydrogens (tertiary/aromatic N) is 2. The summed E-state index contributed by atoms with van der Waals surface area (Å²) in [7, 11) is 0. The van der Waals surface area contributed by atoms with E-state index < -0.39 is 5.82 Å². The van der Waals surface area contributed by atoms with E-state index in [1.165, 1.54) is 6.07 Å². The Bertz CT molecular complexity index is 1280. The highest BCUT2D eigenvalue weighted by Gasteiger charge is 2.15. The summed E-state index contributed by atoms with van der Waals surface area (Å²) in [6.07, 6.45) is 1.65. The van der Waals surface area contributed by atoms with Crippen LogP contribution in [0, 0.1) is 5.82 Å². The second-order valence-electron chi connectivity index (χ2n) is 8.48. The van der Waals surface area contributed by atoms with E-state index in [1.54, 1.807) is 30.5 Å². The molecule has 0 radical (unpaired) electrons. The number of nitrogens with two attached hydrogens (primary N) is 1. The number of halogens is 1. The first-order valence-electron chi connectivity index (χ1n) is 9.95. The third-order valence-electron chi connectivity index (χ3n) is 5.16. The molecule has 0 saturated heterocycles. The minimum atomic E-state index is -0.500. The number of hydrogen-bond acceptors (Lipinski definition) is 4. The van der Waals surface area contributed by atoms with Crippen molar-refractivity contribution in [2.75, 3.05) is 11.1 Å². The van der Waals surface area contributed by atoms with Crippen molar-refractivity contribution < 1.29 is 9.18 Å². The molecule has 31 heavy (non-hydrogen) atoms. The number of amides is 1. The Morgan fingerprint density at radius 2 is 1.65 bits per heavy atom. The van der Waals surface area contributed by atoms with Crippen LogP contribution in [0.4, 0.5) is 16.0 Å². The molecule has 0 bridgehead atoms. The van der Waals surface area contributed by atoms with E-state index in [4.69, 9.17) is 5.73 Å². The summed E-state index contributed by atoms with van der Waals surface area (Å²) in [5, 5.41) is 3.50. The average molecular weight is 414 g/mol. The molecular weight excluding hydrogens is 391 g/mol. The molecular formula is C25H23FN4O. The van der Waals surface area contributed by atoms with Gasteiger partial charge in [-0.25, -0.2) is 14.4 Å². The van der Waals surface area contributed by atoms with Gasteiger partial charge in [0, 0.05) is 17.1 Å². The van der Waals surface area contributed by atoms with E-state index in [1.807, 2.05) is 30.3 Å². The van der Waals surface area contributed by atoms with Gasteiger partial charge in [-0.15, -0.1) is 0 Å². The van der Waals surface area contributed by atoms with E-state index in [2.05, 4.69) is 36.1 Å². The number of nitrogen functional groups attached to an aromatic ring is 1. The number of rotatable bonds is 3. The number of nitrogens with one attached hydrogen (secondary N) is 1. The summed E-state index contributed by atoms with van der Waals surface area (Å²) >= 11 is 0. The molecule has 3 N–H and O–H groups in total. The SMILES string of the molecule is CC(C)(C)c1ccc(C(=O)Nc2cc(-c3ccc4nc(N)ncc4c3)ccc2F)cc1. The van der Waals surface area contributed by atoms with Crippen molar-refractivity contribution in [2.45, 2.75) is 26.2 Å². The highest BCUT2D eigenvalue weighted by Crippen LogP contribution is 2.28. The molecule has 0 unspecified atom stereocenters. The fourth-order valence-corrected chi connectivity index (χ4v) is 3.34. The van der Waals surface area contributed by atoms with Crippen LogP contribution in [-0.4, -0.2) is 15.9 Å². The minimum Gasteiger partial charge on any atom is -0.368 e. The fraction of sp³-hybridized carbons (Fsp3) is 0.160. The second-order valence-corrected chi connectivity index (χ2v) is 8.48. The van der Waals surface area contributed by atoms with Crippen LogP contribution in [0.2, 0.25) is 0 Å². The van der Waals surface area contributed by atoms with Crippen molar-refractivity contribution in [1.29, 1.82) is 0 Å². The van der Waals surface area contributed by atoms with Gasteiger partial charge in [0.25, 0.3) is 5.91 Å². The van der Waals surface area contributed by atoms with Crippen LogP contribution in [0.5, 0.6) is 0 Å². The van der Waals surface area contributed by atoms with E-state index >= 15 is 0 Å². The first kappa shape index (κ1) is 20.5. The smallest absolute Gasteiger partial charge is 0.255 e. The molecule has 4 rings (SSSR count). The van der Waals surface area contributed by atoms with Crippen LogP contribution < -0.4 is 11.1 Å². The topological polar surface area (TPSA) is 80.9 Å². The van der Waals surface area contributed by atoms with Crippen molar-refractivity contribution in [1.82, 2.24) is 9.97 Å². The lowest BCUT2D eigenvalue weighted by Gasteiger charge is -2.19. The monoisotopic (exact) mass is 414 g/mol. The van der Waals surface area contributed by atoms with Crippen molar-refractivity contribution >= 4 is 28.4 Å². The molecule has 3 aromatic carbocycles. The van der Waals surface area contributed by atoms with Crippen molar-refractivity contribution in [2.24, 2.45) is 0 Å². The van der Waals surface area contributed by atoms with E-state index in [0.29, 0.717) is 5.56 Å². The van der Waals surface area contributed by atoms with Crippen molar-refractivity contribution in [3.8, 4) is 11.1 Å². The third-order valence-corrected chi connectivity index (χ3v) is 5.16. The Morgan fingerprint density at radius 1 is 0.968 bits per heavy atom. The number of carbonyl (C=O) groups excluding carboxylic acids is 1. The van der Waals surface area contributed by atoms with Gasteiger partial charge in [0.15, 0.2) is 0 Å². The zero-order chi connectivity index (χ0) is 22.2. The molecule has 1 heterocycles. The average Bonchev–Trinajstić information content (AvgIpc) is 2.74. The molecule has 5 nitrogen and oxygen atoms in total. The van der Waals surface area contributed by atoms with Gasteiger partial charge in [0.2, 0.25) is 5.95 Å². The third kappa shape index (κ3) is 4.38. The molecule has 0 aliphatic carbocycles. The highest BCUT2D eigenvalue weighted by atomic mass is 19.1. The lowest BCUT2D eigenvalue weighted by molar-refractivity contribution is 0.102. The van der Waals surface area contributed by atoms with Gasteiger partial charge < -0.3 is 11.1 Å². The van der Waals surface area contributed by atoms with E-state index in [9.17, 15) is 9.18 Å². The Hall–Kier alpha value is -3.80. The number of hydrogen-bond donors (Lipinski definition) is 2. The molecule has 0 spiro atoms. The Labute approximate surface area is 180 Å². The fourth-order valence-electron chi connectivity index (χ4n) is 3.34. The van der Waals surface area contributed by atoms with Gasteiger partial charge in [-0.2, -0.15) is 0 Å². The first-order valence-corrected chi connectivity index (χ1v) is 9.95. The van der Waals surface area contributed by atoms with Gasteiger partial charge in [-0.1, -0.05) is 45.0 Å². The predicted octanol–water partition coefficient (Wildman–Crippen LogP) is 5.57. The zero-order valence-electron chi connectivity index (χ0n) is 17.6. The molecule has 1 amide bonds. The Morgan fingerprint density at radius 3 is 2.35 bits per heavy atom. The maximum Gasteiger partial charge on any atom is 0.255 e. The molecule has 0 aliphatic rings. The van der Waals surface area contributed by atoms with Crippen LogP contribution in [0.15, 0.2) is 66.9 Å². The van der Waals surface area contributed by atoms with Gasteiger partial charge >= 0.3 is 0 Å². The largest absolute Gasteiger partial charge is 0.368 e. The number of benzene rings is 3. The summed E-state index contributed by atoms with van der Waals surface area (Å²) in [5.74, 6) is -0.651.